The second-order valence-corrected chi connectivity index (χ2v) is 6.75. The number of hydrogen-bond donors (Lipinski definition) is 0. The molecule has 0 unspecified atom stereocenters. The van der Waals surface area contributed by atoms with Crippen LogP contribution in [0.1, 0.15) is 24.1 Å². The lowest BCUT2D eigenvalue weighted by Gasteiger charge is -2.20. The normalized spacial score (nSPS) is 19.9. The van der Waals surface area contributed by atoms with Crippen LogP contribution < -0.4 is 5.69 Å². The van der Waals surface area contributed by atoms with Crippen molar-refractivity contribution in [3.05, 3.63) is 82.0 Å². The topological polar surface area (TPSA) is 52.4 Å². The van der Waals surface area contributed by atoms with Gasteiger partial charge in [-0.1, -0.05) is 12.1 Å². The lowest BCUT2D eigenvalue weighted by molar-refractivity contribution is -0.137. The molecular weight excluding hydrogens is 397 g/mol. The maximum absolute atomic E-state index is 14.2. The fraction of sp³-hybridized carbons (Fsp3) is 0.263. The van der Waals surface area contributed by atoms with Crippen LogP contribution >= 0.6 is 0 Å². The van der Waals surface area contributed by atoms with Gasteiger partial charge in [-0.25, -0.2) is 22.8 Å². The van der Waals surface area contributed by atoms with Crippen molar-refractivity contribution in [2.75, 3.05) is 6.61 Å². The highest BCUT2D eigenvalue weighted by Crippen LogP contribution is 2.48. The smallest absolute Gasteiger partial charge is 0.362 e. The molecule has 1 aromatic heterocycles. The van der Waals surface area contributed by atoms with Crippen molar-refractivity contribution in [2.24, 2.45) is 0 Å². The number of benzene rings is 2. The molecule has 5 nitrogen and oxygen atoms in total. The van der Waals surface area contributed by atoms with Crippen molar-refractivity contribution in [2.45, 2.75) is 24.7 Å². The largest absolute Gasteiger partial charge is 0.416 e. The van der Waals surface area contributed by atoms with Gasteiger partial charge in [-0.05, 0) is 31.2 Å². The summed E-state index contributed by atoms with van der Waals surface area (Å²) in [7, 11) is 0. The Balaban J connectivity index is 1.72. The molecule has 152 valence electrons. The summed E-state index contributed by atoms with van der Waals surface area (Å²) in [4.78, 5) is 12.8. The van der Waals surface area contributed by atoms with Gasteiger partial charge in [-0.15, -0.1) is 0 Å². The summed E-state index contributed by atoms with van der Waals surface area (Å²) in [6.45, 7) is 1.65. The zero-order valence-electron chi connectivity index (χ0n) is 15.0. The molecule has 0 N–H and O–H groups in total. The van der Waals surface area contributed by atoms with E-state index in [1.165, 1.54) is 18.2 Å². The zero-order chi connectivity index (χ0) is 21.0. The molecule has 10 heteroatoms. The van der Waals surface area contributed by atoms with Crippen LogP contribution in [0.2, 0.25) is 0 Å². The quantitative estimate of drug-likeness (QED) is 0.485. The van der Waals surface area contributed by atoms with E-state index in [9.17, 15) is 26.7 Å². The highest BCUT2D eigenvalue weighted by Gasteiger charge is 2.54. The van der Waals surface area contributed by atoms with Gasteiger partial charge in [-0.2, -0.15) is 18.3 Å². The molecule has 1 fully saturated rings. The number of epoxide rings is 1. The number of halogens is 5. The molecule has 0 saturated carbocycles. The van der Waals surface area contributed by atoms with Crippen LogP contribution in [0.15, 0.2) is 53.6 Å². The maximum atomic E-state index is 14.2. The Bertz CT molecular complexity index is 1130. The average molecular weight is 411 g/mol. The number of aromatic nitrogens is 3. The Morgan fingerprint density at radius 1 is 1.17 bits per heavy atom. The first-order chi connectivity index (χ1) is 13.6. The summed E-state index contributed by atoms with van der Waals surface area (Å²) in [5.41, 5.74) is -2.77. The molecule has 0 spiro atoms. The Kier molecular flexibility index (Phi) is 4.34. The predicted octanol–water partition coefficient (Wildman–Crippen LogP) is 3.82. The Hall–Kier alpha value is -3.01. The van der Waals surface area contributed by atoms with Gasteiger partial charge in [0, 0.05) is 11.6 Å². The molecule has 2 heterocycles. The highest BCUT2D eigenvalue weighted by molar-refractivity contribution is 5.37. The minimum absolute atomic E-state index is 0.0120. The fourth-order valence-corrected chi connectivity index (χ4v) is 3.32. The minimum atomic E-state index is -4.56. The Labute approximate surface area is 161 Å². The van der Waals surface area contributed by atoms with E-state index in [0.717, 1.165) is 39.8 Å². The molecule has 1 aliphatic rings. The number of alkyl halides is 3. The Morgan fingerprint density at radius 3 is 2.52 bits per heavy atom. The van der Waals surface area contributed by atoms with Gasteiger partial charge in [-0.3, -0.25) is 0 Å². The van der Waals surface area contributed by atoms with Crippen molar-refractivity contribution < 1.29 is 26.7 Å². The van der Waals surface area contributed by atoms with Crippen molar-refractivity contribution in [3.63, 3.8) is 0 Å². The third-order valence-corrected chi connectivity index (χ3v) is 5.03. The van der Waals surface area contributed by atoms with Gasteiger partial charge in [0.15, 0.2) is 0 Å². The van der Waals surface area contributed by atoms with Crippen LogP contribution in [0, 0.1) is 11.6 Å². The van der Waals surface area contributed by atoms with Crippen LogP contribution in [-0.4, -0.2) is 21.0 Å². The molecule has 29 heavy (non-hydrogen) atoms. The molecule has 0 radical (unpaired) electrons. The van der Waals surface area contributed by atoms with E-state index in [2.05, 4.69) is 5.10 Å². The molecular formula is C19H14F5N3O2. The number of nitrogens with zero attached hydrogens (tertiary/aromatic N) is 3. The van der Waals surface area contributed by atoms with Crippen LogP contribution in [0.4, 0.5) is 22.0 Å². The molecule has 4 rings (SSSR count). The summed E-state index contributed by atoms with van der Waals surface area (Å²) in [5.74, 6) is -1.57. The highest BCUT2D eigenvalue weighted by atomic mass is 19.4. The monoisotopic (exact) mass is 411 g/mol. The van der Waals surface area contributed by atoms with Crippen LogP contribution in [0.25, 0.3) is 5.69 Å². The van der Waals surface area contributed by atoms with Gasteiger partial charge < -0.3 is 4.74 Å². The standard InChI is InChI=1S/C19H14F5N3O2/c1-11(18(9-29-18)15-6-5-13(20)8-16(15)21)27-17(28)26(10-25-27)14-4-2-3-12(7-14)19(22,23)24/h2-8,10-11H,9H2,1H3/t11-,18+/m1/s1. The maximum Gasteiger partial charge on any atom is 0.416 e. The minimum Gasteiger partial charge on any atom is -0.362 e. The first-order valence-electron chi connectivity index (χ1n) is 8.57. The van der Waals surface area contributed by atoms with Crippen LogP contribution in [0.5, 0.6) is 0 Å². The van der Waals surface area contributed by atoms with E-state index in [0.29, 0.717) is 0 Å². The molecule has 1 aliphatic heterocycles. The van der Waals surface area contributed by atoms with Crippen molar-refractivity contribution in [1.29, 1.82) is 0 Å². The summed E-state index contributed by atoms with van der Waals surface area (Å²) in [5, 5.41) is 3.97. The third kappa shape index (κ3) is 3.23. The summed E-state index contributed by atoms with van der Waals surface area (Å²) in [6, 6.07) is 6.51. The van der Waals surface area contributed by atoms with Crippen molar-refractivity contribution in [1.82, 2.24) is 14.3 Å². The van der Waals surface area contributed by atoms with E-state index < -0.39 is 40.7 Å². The first kappa shape index (κ1) is 19.3. The summed E-state index contributed by atoms with van der Waals surface area (Å²) in [6.07, 6.45) is -3.47. The molecule has 2 atom stereocenters. The van der Waals surface area contributed by atoms with E-state index in [1.807, 2.05) is 0 Å². The Morgan fingerprint density at radius 2 is 1.90 bits per heavy atom. The molecule has 0 amide bonds. The molecule has 3 aromatic rings. The number of rotatable bonds is 4. The van der Waals surface area contributed by atoms with Gasteiger partial charge in [0.2, 0.25) is 0 Å². The van der Waals surface area contributed by atoms with E-state index >= 15 is 0 Å². The van der Waals surface area contributed by atoms with Crippen molar-refractivity contribution in [3.8, 4) is 5.69 Å². The van der Waals surface area contributed by atoms with Crippen molar-refractivity contribution >= 4 is 0 Å². The number of hydrogen-bond acceptors (Lipinski definition) is 3. The summed E-state index contributed by atoms with van der Waals surface area (Å²) >= 11 is 0. The lowest BCUT2D eigenvalue weighted by atomic mass is 9.92. The second-order valence-electron chi connectivity index (χ2n) is 6.75. The van der Waals surface area contributed by atoms with Crippen LogP contribution in [0.3, 0.4) is 0 Å². The van der Waals surface area contributed by atoms with E-state index in [4.69, 9.17) is 4.74 Å². The van der Waals surface area contributed by atoms with Crippen LogP contribution in [-0.2, 0) is 16.5 Å². The zero-order valence-corrected chi connectivity index (χ0v) is 15.0. The SMILES string of the molecule is C[C@@H](n1ncn(-c2cccc(C(F)(F)F)c2)c1=O)[C@]1(c2ccc(F)cc2F)CO1. The fourth-order valence-electron chi connectivity index (χ4n) is 3.32. The van der Waals surface area contributed by atoms with E-state index in [1.54, 1.807) is 6.92 Å². The van der Waals surface area contributed by atoms with Gasteiger partial charge >= 0.3 is 11.9 Å². The molecule has 0 aliphatic carbocycles. The van der Waals surface area contributed by atoms with Gasteiger partial charge in [0.05, 0.1) is 23.9 Å². The molecule has 0 bridgehead atoms. The number of ether oxygens (including phenoxy) is 1. The first-order valence-corrected chi connectivity index (χ1v) is 8.57. The lowest BCUT2D eigenvalue weighted by Crippen LogP contribution is -2.34. The van der Waals surface area contributed by atoms with Gasteiger partial charge in [0.1, 0.15) is 23.6 Å². The third-order valence-electron chi connectivity index (χ3n) is 5.03. The average Bonchev–Trinajstić information content (AvgIpc) is 3.37. The van der Waals surface area contributed by atoms with Gasteiger partial charge in [0.25, 0.3) is 0 Å². The molecule has 1 saturated heterocycles. The predicted molar refractivity (Wildman–Crippen MR) is 91.5 cm³/mol. The summed E-state index contributed by atoms with van der Waals surface area (Å²) < 4.78 is 73.7. The van der Waals surface area contributed by atoms with E-state index in [-0.39, 0.29) is 17.9 Å². The second kappa shape index (κ2) is 6.51. The molecule has 2 aromatic carbocycles.